The summed E-state index contributed by atoms with van der Waals surface area (Å²) in [6.45, 7) is 2.04. The number of halogens is 2. The number of amides is 1. The molecule has 1 aromatic heterocycles. The molecule has 2 aliphatic heterocycles. The van der Waals surface area contributed by atoms with Gasteiger partial charge in [-0.1, -0.05) is 11.6 Å². The first-order valence-electron chi connectivity index (χ1n) is 8.44. The van der Waals surface area contributed by atoms with E-state index >= 15 is 0 Å². The SMILES string of the molecule is C[C@]1(c2cc(NC(=O)c3ccc(Cl)cn3)ccc2F)N=C(N)OC2=COCC21. The van der Waals surface area contributed by atoms with Crippen molar-refractivity contribution in [2.24, 2.45) is 16.6 Å². The minimum absolute atomic E-state index is 0.0743. The number of aliphatic imine (C=N–C) groups is 1. The molecule has 2 aromatic rings. The number of nitrogens with one attached hydrogen (secondary N) is 1. The summed E-state index contributed by atoms with van der Waals surface area (Å²) in [6.07, 6.45) is 2.83. The Morgan fingerprint density at radius 1 is 1.39 bits per heavy atom. The Bertz CT molecular complexity index is 1010. The summed E-state index contributed by atoms with van der Waals surface area (Å²) in [7, 11) is 0. The van der Waals surface area contributed by atoms with Crippen LogP contribution in [0.1, 0.15) is 23.0 Å². The van der Waals surface area contributed by atoms with Crippen molar-refractivity contribution in [3.63, 3.8) is 0 Å². The van der Waals surface area contributed by atoms with Gasteiger partial charge in [0, 0.05) is 17.4 Å². The first-order chi connectivity index (χ1) is 13.4. The van der Waals surface area contributed by atoms with Gasteiger partial charge in [0.05, 0.1) is 10.9 Å². The van der Waals surface area contributed by atoms with Crippen molar-refractivity contribution in [3.8, 4) is 0 Å². The molecule has 144 valence electrons. The van der Waals surface area contributed by atoms with Crippen LogP contribution in [0.15, 0.2) is 53.5 Å². The maximum absolute atomic E-state index is 14.7. The van der Waals surface area contributed by atoms with Crippen molar-refractivity contribution in [1.82, 2.24) is 4.98 Å². The highest BCUT2D eigenvalue weighted by Crippen LogP contribution is 2.45. The Kier molecular flexibility index (Phi) is 4.43. The van der Waals surface area contributed by atoms with E-state index in [4.69, 9.17) is 26.8 Å². The number of fused-ring (bicyclic) bond motifs is 1. The van der Waals surface area contributed by atoms with Gasteiger partial charge in [0.1, 0.15) is 29.9 Å². The van der Waals surface area contributed by atoms with Crippen LogP contribution in [0, 0.1) is 11.7 Å². The van der Waals surface area contributed by atoms with E-state index in [1.807, 2.05) is 0 Å². The second kappa shape index (κ2) is 6.79. The van der Waals surface area contributed by atoms with Gasteiger partial charge in [-0.3, -0.25) is 4.79 Å². The largest absolute Gasteiger partial charge is 0.497 e. The summed E-state index contributed by atoms with van der Waals surface area (Å²) in [5.41, 5.74) is 5.58. The molecule has 7 nitrogen and oxygen atoms in total. The van der Waals surface area contributed by atoms with Crippen LogP contribution in [0.3, 0.4) is 0 Å². The summed E-state index contributed by atoms with van der Waals surface area (Å²) in [5.74, 6) is -0.763. The lowest BCUT2D eigenvalue weighted by Gasteiger charge is -2.36. The van der Waals surface area contributed by atoms with Gasteiger partial charge in [-0.15, -0.1) is 0 Å². The number of carbonyl (C=O) groups is 1. The Morgan fingerprint density at radius 3 is 2.96 bits per heavy atom. The van der Waals surface area contributed by atoms with E-state index in [2.05, 4.69) is 15.3 Å². The number of amidine groups is 1. The fraction of sp³-hybridized carbons (Fsp3) is 0.211. The minimum Gasteiger partial charge on any atom is -0.497 e. The van der Waals surface area contributed by atoms with Gasteiger partial charge in [-0.25, -0.2) is 14.4 Å². The van der Waals surface area contributed by atoms with Gasteiger partial charge in [-0.2, -0.15) is 0 Å². The third-order valence-electron chi connectivity index (χ3n) is 4.78. The molecule has 1 aromatic carbocycles. The molecule has 3 N–H and O–H groups in total. The number of nitrogens with two attached hydrogens (primary N) is 1. The number of rotatable bonds is 3. The molecule has 28 heavy (non-hydrogen) atoms. The van der Waals surface area contributed by atoms with Gasteiger partial charge in [0.2, 0.25) is 0 Å². The summed E-state index contributed by atoms with van der Waals surface area (Å²) < 4.78 is 25.5. The summed E-state index contributed by atoms with van der Waals surface area (Å²) in [6, 6.07) is 7.25. The second-order valence-electron chi connectivity index (χ2n) is 6.62. The molecule has 0 radical (unpaired) electrons. The lowest BCUT2D eigenvalue weighted by molar-refractivity contribution is 0.102. The van der Waals surface area contributed by atoms with Crippen LogP contribution in [0.2, 0.25) is 5.02 Å². The van der Waals surface area contributed by atoms with Crippen molar-refractivity contribution in [2.75, 3.05) is 11.9 Å². The second-order valence-corrected chi connectivity index (χ2v) is 7.05. The average Bonchev–Trinajstić information content (AvgIpc) is 3.13. The molecular weight excluding hydrogens is 387 g/mol. The number of aromatic nitrogens is 1. The third-order valence-corrected chi connectivity index (χ3v) is 5.00. The number of benzene rings is 1. The Balaban J connectivity index is 1.67. The smallest absolute Gasteiger partial charge is 0.288 e. The average molecular weight is 403 g/mol. The molecule has 2 atom stereocenters. The number of anilines is 1. The van der Waals surface area contributed by atoms with Gasteiger partial charge in [0.25, 0.3) is 11.9 Å². The topological polar surface area (TPSA) is 98.8 Å². The quantitative estimate of drug-likeness (QED) is 0.821. The third kappa shape index (κ3) is 3.16. The van der Waals surface area contributed by atoms with E-state index in [0.29, 0.717) is 16.5 Å². The van der Waals surface area contributed by atoms with Crippen LogP contribution in [-0.4, -0.2) is 23.5 Å². The van der Waals surface area contributed by atoms with E-state index in [-0.39, 0.29) is 29.8 Å². The molecule has 0 spiro atoms. The van der Waals surface area contributed by atoms with E-state index < -0.39 is 17.3 Å². The first-order valence-corrected chi connectivity index (χ1v) is 8.82. The van der Waals surface area contributed by atoms with Crippen molar-refractivity contribution in [3.05, 3.63) is 70.6 Å². The van der Waals surface area contributed by atoms with E-state index in [1.54, 1.807) is 13.0 Å². The van der Waals surface area contributed by atoms with Gasteiger partial charge in [-0.05, 0) is 37.3 Å². The summed E-state index contributed by atoms with van der Waals surface area (Å²) >= 11 is 5.79. The van der Waals surface area contributed by atoms with Crippen molar-refractivity contribution in [2.45, 2.75) is 12.5 Å². The molecule has 0 saturated carbocycles. The Labute approximate surface area is 165 Å². The maximum Gasteiger partial charge on any atom is 0.288 e. The molecule has 1 unspecified atom stereocenters. The molecule has 1 amide bonds. The number of carbonyl (C=O) groups excluding carboxylic acids is 1. The number of hydrogen-bond donors (Lipinski definition) is 2. The predicted molar refractivity (Wildman–Crippen MR) is 101 cm³/mol. The molecular formula is C19H16ClFN4O3. The van der Waals surface area contributed by atoms with Crippen molar-refractivity contribution >= 4 is 29.2 Å². The highest BCUT2D eigenvalue weighted by atomic mass is 35.5. The molecule has 2 aliphatic rings. The van der Waals surface area contributed by atoms with Crippen molar-refractivity contribution < 1.29 is 18.7 Å². The zero-order valence-electron chi connectivity index (χ0n) is 14.8. The van der Waals surface area contributed by atoms with Crippen LogP contribution in [0.5, 0.6) is 0 Å². The zero-order chi connectivity index (χ0) is 19.9. The van der Waals surface area contributed by atoms with Crippen LogP contribution in [-0.2, 0) is 15.0 Å². The van der Waals surface area contributed by atoms with E-state index in [0.717, 1.165) is 0 Å². The van der Waals surface area contributed by atoms with Crippen molar-refractivity contribution in [1.29, 1.82) is 0 Å². The minimum atomic E-state index is -1.05. The molecule has 0 aliphatic carbocycles. The fourth-order valence-electron chi connectivity index (χ4n) is 3.32. The van der Waals surface area contributed by atoms with Crippen LogP contribution < -0.4 is 11.1 Å². The standard InChI is InChI=1S/C19H16ClFN4O3/c1-19(13-8-27-9-16(13)28-18(22)25-19)12-6-11(3-4-14(12)21)24-17(26)15-5-2-10(20)7-23-15/h2-7,9,13H,8H2,1H3,(H2,22,25)(H,24,26)/t13?,19-/m1/s1. The summed E-state index contributed by atoms with van der Waals surface area (Å²) in [5, 5.41) is 3.13. The lowest BCUT2D eigenvalue weighted by Crippen LogP contribution is -2.41. The van der Waals surface area contributed by atoms with Crippen LogP contribution in [0.25, 0.3) is 0 Å². The highest BCUT2D eigenvalue weighted by Gasteiger charge is 2.47. The first kappa shape index (κ1) is 18.2. The molecule has 3 heterocycles. The molecule has 0 bridgehead atoms. The lowest BCUT2D eigenvalue weighted by atomic mass is 9.79. The van der Waals surface area contributed by atoms with Gasteiger partial charge < -0.3 is 20.5 Å². The monoisotopic (exact) mass is 402 g/mol. The number of ether oxygens (including phenoxy) is 2. The molecule has 9 heteroatoms. The molecule has 0 saturated heterocycles. The zero-order valence-corrected chi connectivity index (χ0v) is 15.5. The van der Waals surface area contributed by atoms with E-state index in [1.165, 1.54) is 36.7 Å². The molecule has 0 fully saturated rings. The number of pyridine rings is 1. The number of hydrogen-bond acceptors (Lipinski definition) is 6. The molecule has 4 rings (SSSR count). The van der Waals surface area contributed by atoms with E-state index in [9.17, 15) is 9.18 Å². The Morgan fingerprint density at radius 2 is 2.21 bits per heavy atom. The number of nitrogens with zero attached hydrogens (tertiary/aromatic N) is 2. The van der Waals surface area contributed by atoms with Gasteiger partial charge in [0.15, 0.2) is 5.76 Å². The Hall–Kier alpha value is -3.13. The maximum atomic E-state index is 14.7. The normalized spacial score (nSPS) is 23.0. The predicted octanol–water partition coefficient (Wildman–Crippen LogP) is 3.17. The van der Waals surface area contributed by atoms with Crippen LogP contribution in [0.4, 0.5) is 10.1 Å². The van der Waals surface area contributed by atoms with Gasteiger partial charge >= 0.3 is 0 Å². The van der Waals surface area contributed by atoms with Crippen LogP contribution >= 0.6 is 11.6 Å². The highest BCUT2D eigenvalue weighted by molar-refractivity contribution is 6.30. The summed E-state index contributed by atoms with van der Waals surface area (Å²) in [4.78, 5) is 20.7. The fourth-order valence-corrected chi connectivity index (χ4v) is 3.43.